The molecule has 0 aromatic carbocycles. The molecule has 1 unspecified atom stereocenters. The van der Waals surface area contributed by atoms with Gasteiger partial charge in [0.1, 0.15) is 0 Å². The Morgan fingerprint density at radius 1 is 1.47 bits per heavy atom. The number of carbonyl (C=O) groups excluding carboxylic acids is 1. The Kier molecular flexibility index (Phi) is 5.71. The first kappa shape index (κ1) is 13.7. The number of rotatable bonds is 5. The lowest BCUT2D eigenvalue weighted by atomic mass is 9.95. The van der Waals surface area contributed by atoms with Crippen LogP contribution in [0.15, 0.2) is 0 Å². The number of carbonyl (C=O) groups is 2. The van der Waals surface area contributed by atoms with Gasteiger partial charge in [-0.2, -0.15) is 0 Å². The normalized spacial score (nSPS) is 20.1. The van der Waals surface area contributed by atoms with Gasteiger partial charge in [0.25, 0.3) is 0 Å². The molecule has 1 saturated heterocycles. The molecule has 0 saturated carbocycles. The largest absolute Gasteiger partial charge is 0.479 e. The number of carboxylic acids is 1. The zero-order valence-corrected chi connectivity index (χ0v) is 9.59. The highest BCUT2D eigenvalue weighted by molar-refractivity contribution is 5.73. The summed E-state index contributed by atoms with van der Waals surface area (Å²) in [7, 11) is 0. The van der Waals surface area contributed by atoms with Crippen LogP contribution in [0.5, 0.6) is 0 Å². The van der Waals surface area contributed by atoms with E-state index in [0.717, 1.165) is 12.8 Å². The fourth-order valence-corrected chi connectivity index (χ4v) is 1.89. The summed E-state index contributed by atoms with van der Waals surface area (Å²) in [6.07, 6.45) is 2.57. The van der Waals surface area contributed by atoms with E-state index in [1.165, 1.54) is 0 Å². The van der Waals surface area contributed by atoms with Gasteiger partial charge in [-0.1, -0.05) is 0 Å². The maximum Gasteiger partial charge on any atom is 0.341 e. The summed E-state index contributed by atoms with van der Waals surface area (Å²) in [6.45, 7) is 0.766. The molecule has 3 N–H and O–H groups in total. The minimum atomic E-state index is -1.14. The highest BCUT2D eigenvalue weighted by atomic mass is 16.7. The van der Waals surface area contributed by atoms with E-state index < -0.39 is 18.6 Å². The number of aliphatic carboxylic acids is 1. The zero-order valence-electron chi connectivity index (χ0n) is 9.59. The average molecular weight is 246 g/mol. The number of carboxylic acid groups (broad SMARTS) is 1. The molecule has 0 radical (unpaired) electrons. The van der Waals surface area contributed by atoms with Gasteiger partial charge < -0.3 is 15.1 Å². The molecule has 0 aromatic rings. The topological polar surface area (TPSA) is 99.1 Å². The Bertz CT molecular complexity index is 269. The maximum absolute atomic E-state index is 11.6. The second-order valence-corrected chi connectivity index (χ2v) is 4.06. The summed E-state index contributed by atoms with van der Waals surface area (Å²) in [4.78, 5) is 27.8. The number of hydrogen-bond donors (Lipinski definition) is 3. The smallest absolute Gasteiger partial charge is 0.341 e. The number of aliphatic hydroxyl groups is 1. The summed E-state index contributed by atoms with van der Waals surface area (Å²) in [5.74, 6) is -0.832. The third-order valence-corrected chi connectivity index (χ3v) is 2.70. The lowest BCUT2D eigenvalue weighted by Gasteiger charge is -2.32. The van der Waals surface area contributed by atoms with Crippen LogP contribution in [-0.4, -0.2) is 53.4 Å². The van der Waals surface area contributed by atoms with Crippen molar-refractivity contribution >= 4 is 12.0 Å². The molecule has 0 bridgehead atoms. The van der Waals surface area contributed by atoms with Crippen LogP contribution in [0.1, 0.15) is 19.3 Å². The molecule has 0 aromatic heterocycles. The Morgan fingerprint density at radius 3 is 2.88 bits per heavy atom. The van der Waals surface area contributed by atoms with Crippen molar-refractivity contribution in [3.05, 3.63) is 0 Å². The number of piperidine rings is 1. The molecule has 1 aliphatic rings. The van der Waals surface area contributed by atoms with Crippen LogP contribution in [0.4, 0.5) is 4.79 Å². The molecular formula is C10H18N2O5. The molecule has 1 rings (SSSR count). The summed E-state index contributed by atoms with van der Waals surface area (Å²) < 4.78 is 0. The van der Waals surface area contributed by atoms with Gasteiger partial charge in [0.2, 0.25) is 0 Å². The van der Waals surface area contributed by atoms with Gasteiger partial charge in [-0.15, -0.1) is 0 Å². The highest BCUT2D eigenvalue weighted by Crippen LogP contribution is 2.18. The molecule has 0 spiro atoms. The van der Waals surface area contributed by atoms with E-state index in [1.807, 2.05) is 0 Å². The number of hydrogen-bond acceptors (Lipinski definition) is 4. The minimum Gasteiger partial charge on any atom is -0.479 e. The molecule has 0 aliphatic carbocycles. The fourth-order valence-electron chi connectivity index (χ4n) is 1.89. The Balaban J connectivity index is 2.28. The van der Waals surface area contributed by atoms with E-state index in [1.54, 1.807) is 4.90 Å². The van der Waals surface area contributed by atoms with E-state index in [-0.39, 0.29) is 6.61 Å². The number of aliphatic hydroxyl groups excluding tert-OH is 1. The van der Waals surface area contributed by atoms with Crippen molar-refractivity contribution in [1.82, 2.24) is 10.4 Å². The van der Waals surface area contributed by atoms with Crippen LogP contribution in [0, 0.1) is 5.92 Å². The van der Waals surface area contributed by atoms with E-state index >= 15 is 0 Å². The first-order valence-corrected chi connectivity index (χ1v) is 5.63. The molecule has 1 heterocycles. The number of hydroxylamine groups is 1. The summed E-state index contributed by atoms with van der Waals surface area (Å²) in [6, 6.07) is -0.422. The molecule has 17 heavy (non-hydrogen) atoms. The van der Waals surface area contributed by atoms with Crippen molar-refractivity contribution in [2.75, 3.05) is 26.3 Å². The Hall–Kier alpha value is -1.34. The lowest BCUT2D eigenvalue weighted by molar-refractivity contribution is -0.144. The fraction of sp³-hybridized carbons (Fsp3) is 0.800. The van der Waals surface area contributed by atoms with Gasteiger partial charge in [0.15, 0.2) is 6.61 Å². The number of likely N-dealkylation sites (tertiary alicyclic amines) is 1. The van der Waals surface area contributed by atoms with Crippen LogP contribution < -0.4 is 5.48 Å². The van der Waals surface area contributed by atoms with Crippen LogP contribution in [0.3, 0.4) is 0 Å². The van der Waals surface area contributed by atoms with Gasteiger partial charge in [-0.05, 0) is 25.2 Å². The molecular weight excluding hydrogens is 228 g/mol. The quantitative estimate of drug-likeness (QED) is 0.584. The van der Waals surface area contributed by atoms with Crippen LogP contribution in [0.25, 0.3) is 0 Å². The first-order valence-electron chi connectivity index (χ1n) is 5.63. The van der Waals surface area contributed by atoms with Crippen molar-refractivity contribution in [2.45, 2.75) is 19.3 Å². The predicted octanol–water partition coefficient (Wildman–Crippen LogP) is -0.193. The number of nitrogens with zero attached hydrogens (tertiary/aromatic N) is 1. The second-order valence-electron chi connectivity index (χ2n) is 4.06. The van der Waals surface area contributed by atoms with Gasteiger partial charge in [0.05, 0.1) is 0 Å². The molecule has 1 atom stereocenters. The lowest BCUT2D eigenvalue weighted by Crippen LogP contribution is -2.46. The summed E-state index contributed by atoms with van der Waals surface area (Å²) >= 11 is 0. The molecule has 7 nitrogen and oxygen atoms in total. The van der Waals surface area contributed by atoms with E-state index in [4.69, 9.17) is 10.2 Å². The van der Waals surface area contributed by atoms with E-state index in [0.29, 0.717) is 25.4 Å². The van der Waals surface area contributed by atoms with Crippen molar-refractivity contribution in [1.29, 1.82) is 0 Å². The van der Waals surface area contributed by atoms with Crippen molar-refractivity contribution in [2.24, 2.45) is 5.92 Å². The average Bonchev–Trinajstić information content (AvgIpc) is 2.29. The molecule has 7 heteroatoms. The van der Waals surface area contributed by atoms with Crippen LogP contribution in [0.2, 0.25) is 0 Å². The SMILES string of the molecule is O=C(O)CONC(=O)N1CCCC(CCO)C1. The van der Waals surface area contributed by atoms with Gasteiger partial charge in [-0.25, -0.2) is 15.1 Å². The highest BCUT2D eigenvalue weighted by Gasteiger charge is 2.23. The Labute approximate surface area is 99.3 Å². The molecule has 1 fully saturated rings. The van der Waals surface area contributed by atoms with Gasteiger partial charge in [-0.3, -0.25) is 4.84 Å². The van der Waals surface area contributed by atoms with Gasteiger partial charge in [0, 0.05) is 19.7 Å². The third-order valence-electron chi connectivity index (χ3n) is 2.70. The third kappa shape index (κ3) is 5.01. The summed E-state index contributed by atoms with van der Waals surface area (Å²) in [5.41, 5.74) is 2.09. The number of amides is 2. The van der Waals surface area contributed by atoms with E-state index in [2.05, 4.69) is 10.3 Å². The van der Waals surface area contributed by atoms with Crippen molar-refractivity contribution < 1.29 is 24.6 Å². The first-order chi connectivity index (χ1) is 8.13. The zero-order chi connectivity index (χ0) is 12.7. The predicted molar refractivity (Wildman–Crippen MR) is 58.1 cm³/mol. The molecule has 1 aliphatic heterocycles. The van der Waals surface area contributed by atoms with Crippen molar-refractivity contribution in [3.8, 4) is 0 Å². The number of nitrogens with one attached hydrogen (secondary N) is 1. The molecule has 98 valence electrons. The van der Waals surface area contributed by atoms with Gasteiger partial charge >= 0.3 is 12.0 Å². The van der Waals surface area contributed by atoms with Crippen LogP contribution in [-0.2, 0) is 9.63 Å². The van der Waals surface area contributed by atoms with Crippen molar-refractivity contribution in [3.63, 3.8) is 0 Å². The minimum absolute atomic E-state index is 0.121. The standard InChI is InChI=1S/C10H18N2O5/c13-5-3-8-2-1-4-12(6-8)10(16)11-17-7-9(14)15/h8,13H,1-7H2,(H,11,16)(H,14,15). The second kappa shape index (κ2) is 7.08. The number of urea groups is 1. The maximum atomic E-state index is 11.6. The Morgan fingerprint density at radius 2 is 2.24 bits per heavy atom. The van der Waals surface area contributed by atoms with E-state index in [9.17, 15) is 9.59 Å². The molecule has 2 amide bonds. The summed E-state index contributed by atoms with van der Waals surface area (Å²) in [5, 5.41) is 17.2. The van der Waals surface area contributed by atoms with Crippen LogP contribution >= 0.6 is 0 Å². The monoisotopic (exact) mass is 246 g/mol.